The lowest BCUT2D eigenvalue weighted by Crippen LogP contribution is -2.49. The summed E-state index contributed by atoms with van der Waals surface area (Å²) in [4.78, 5) is 23.8. The molecule has 0 aliphatic carbocycles. The van der Waals surface area contributed by atoms with Gasteiger partial charge >= 0.3 is 5.97 Å². The first-order valence-electron chi connectivity index (χ1n) is 4.93. The number of carboxylic acid groups (broad SMARTS) is 1. The Balaban J connectivity index is 2.71. The van der Waals surface area contributed by atoms with E-state index in [0.717, 1.165) is 0 Å². The smallest absolute Gasteiger partial charge is 0.306 e. The Morgan fingerprint density at radius 1 is 1.36 bits per heavy atom. The second kappa shape index (κ2) is 3.98. The van der Waals surface area contributed by atoms with E-state index in [9.17, 15) is 9.59 Å². The van der Waals surface area contributed by atoms with Crippen LogP contribution >= 0.6 is 0 Å². The van der Waals surface area contributed by atoms with Crippen LogP contribution in [0.2, 0.25) is 0 Å². The van der Waals surface area contributed by atoms with E-state index in [2.05, 4.69) is 0 Å². The minimum Gasteiger partial charge on any atom is -0.481 e. The van der Waals surface area contributed by atoms with Crippen molar-refractivity contribution in [2.45, 2.75) is 33.2 Å². The first kappa shape index (κ1) is 11.0. The predicted molar refractivity (Wildman–Crippen MR) is 51.8 cm³/mol. The third kappa shape index (κ3) is 2.05. The van der Waals surface area contributed by atoms with Crippen LogP contribution in [0.5, 0.6) is 0 Å². The fourth-order valence-electron chi connectivity index (χ4n) is 2.13. The largest absolute Gasteiger partial charge is 0.481 e. The molecule has 4 heteroatoms. The third-order valence-corrected chi connectivity index (χ3v) is 3.02. The minimum absolute atomic E-state index is 0.0354. The predicted octanol–water partition coefficient (Wildman–Crippen LogP) is 0.964. The van der Waals surface area contributed by atoms with E-state index in [4.69, 9.17) is 5.11 Å². The summed E-state index contributed by atoms with van der Waals surface area (Å²) >= 11 is 0. The van der Waals surface area contributed by atoms with Crippen molar-refractivity contribution in [2.75, 3.05) is 6.54 Å². The number of aliphatic carboxylic acids is 1. The highest BCUT2D eigenvalue weighted by atomic mass is 16.4. The van der Waals surface area contributed by atoms with Crippen molar-refractivity contribution in [3.8, 4) is 0 Å². The van der Waals surface area contributed by atoms with Crippen LogP contribution in [0.4, 0.5) is 0 Å². The fraction of sp³-hybridized carbons (Fsp3) is 0.800. The zero-order valence-corrected chi connectivity index (χ0v) is 8.86. The van der Waals surface area contributed by atoms with Gasteiger partial charge in [0, 0.05) is 19.5 Å². The van der Waals surface area contributed by atoms with Gasteiger partial charge in [-0.2, -0.15) is 0 Å². The highest BCUT2D eigenvalue weighted by molar-refractivity contribution is 5.75. The van der Waals surface area contributed by atoms with Gasteiger partial charge in [0.2, 0.25) is 5.91 Å². The fourth-order valence-corrected chi connectivity index (χ4v) is 2.13. The van der Waals surface area contributed by atoms with Crippen LogP contribution in [-0.2, 0) is 9.59 Å². The number of hydrogen-bond donors (Lipinski definition) is 1. The molecule has 3 atom stereocenters. The van der Waals surface area contributed by atoms with Gasteiger partial charge in [-0.3, -0.25) is 9.59 Å². The molecule has 3 unspecified atom stereocenters. The summed E-state index contributed by atoms with van der Waals surface area (Å²) in [6, 6.07) is 0.0461. The van der Waals surface area contributed by atoms with Crippen LogP contribution in [-0.4, -0.2) is 34.5 Å². The zero-order chi connectivity index (χ0) is 10.9. The van der Waals surface area contributed by atoms with Crippen molar-refractivity contribution in [1.82, 2.24) is 4.90 Å². The minimum atomic E-state index is -0.743. The van der Waals surface area contributed by atoms with Crippen molar-refractivity contribution in [3.05, 3.63) is 0 Å². The maximum Gasteiger partial charge on any atom is 0.306 e. The van der Waals surface area contributed by atoms with Gasteiger partial charge in [0.1, 0.15) is 0 Å². The van der Waals surface area contributed by atoms with Gasteiger partial charge in [-0.1, -0.05) is 6.92 Å². The number of nitrogens with zero attached hydrogens (tertiary/aromatic N) is 1. The number of likely N-dealkylation sites (tertiary alicyclic amines) is 1. The molecule has 1 fully saturated rings. The van der Waals surface area contributed by atoms with Crippen LogP contribution < -0.4 is 0 Å². The van der Waals surface area contributed by atoms with Crippen molar-refractivity contribution in [3.63, 3.8) is 0 Å². The van der Waals surface area contributed by atoms with Crippen LogP contribution in [0.15, 0.2) is 0 Å². The molecule has 0 aromatic rings. The second-order valence-corrected chi connectivity index (χ2v) is 4.18. The number of carbonyl (C=O) groups excluding carboxylic acids is 1. The van der Waals surface area contributed by atoms with Crippen LogP contribution in [0.1, 0.15) is 27.2 Å². The zero-order valence-electron chi connectivity index (χ0n) is 8.86. The van der Waals surface area contributed by atoms with E-state index in [1.165, 1.54) is 6.92 Å². The Hall–Kier alpha value is -1.06. The number of piperidine rings is 1. The standard InChI is InChI=1S/C10H17NO3/c1-6-5-11(8(3)12)7(2)4-9(6)10(13)14/h6-7,9H,4-5H2,1-3H3,(H,13,14). The molecular weight excluding hydrogens is 182 g/mol. The SMILES string of the molecule is CC(=O)N1CC(C)C(C(=O)O)CC1C. The molecule has 1 rings (SSSR count). The lowest BCUT2D eigenvalue weighted by molar-refractivity contribution is -0.149. The molecule has 1 aliphatic rings. The summed E-state index contributed by atoms with van der Waals surface area (Å²) < 4.78 is 0. The highest BCUT2D eigenvalue weighted by Crippen LogP contribution is 2.27. The molecule has 14 heavy (non-hydrogen) atoms. The average molecular weight is 199 g/mol. The molecule has 0 aromatic heterocycles. The average Bonchev–Trinajstić information content (AvgIpc) is 2.07. The summed E-state index contributed by atoms with van der Waals surface area (Å²) in [6.07, 6.45) is 0.566. The number of hydrogen-bond acceptors (Lipinski definition) is 2. The van der Waals surface area contributed by atoms with Gasteiger partial charge in [-0.25, -0.2) is 0 Å². The molecule has 1 saturated heterocycles. The van der Waals surface area contributed by atoms with Gasteiger partial charge < -0.3 is 10.0 Å². The first-order chi connectivity index (χ1) is 6.43. The number of carbonyl (C=O) groups is 2. The molecule has 1 heterocycles. The molecular formula is C10H17NO3. The van der Waals surface area contributed by atoms with Gasteiger partial charge in [-0.05, 0) is 19.3 Å². The molecule has 0 saturated carbocycles. The van der Waals surface area contributed by atoms with Gasteiger partial charge in [0.25, 0.3) is 0 Å². The molecule has 80 valence electrons. The molecule has 1 aliphatic heterocycles. The van der Waals surface area contributed by atoms with Crippen LogP contribution in [0, 0.1) is 11.8 Å². The lowest BCUT2D eigenvalue weighted by atomic mass is 9.83. The van der Waals surface area contributed by atoms with Crippen molar-refractivity contribution >= 4 is 11.9 Å². The van der Waals surface area contributed by atoms with Crippen LogP contribution in [0.3, 0.4) is 0 Å². The Labute approximate surface area is 83.9 Å². The van der Waals surface area contributed by atoms with Crippen molar-refractivity contribution in [1.29, 1.82) is 0 Å². The molecule has 0 aromatic carbocycles. The molecule has 1 N–H and O–H groups in total. The second-order valence-electron chi connectivity index (χ2n) is 4.18. The normalized spacial score (nSPS) is 32.8. The summed E-state index contributed by atoms with van der Waals surface area (Å²) in [6.45, 7) is 5.89. The van der Waals surface area contributed by atoms with Crippen molar-refractivity contribution < 1.29 is 14.7 Å². The molecule has 0 bridgehead atoms. The molecule has 0 spiro atoms. The van der Waals surface area contributed by atoms with E-state index in [1.54, 1.807) is 4.90 Å². The van der Waals surface area contributed by atoms with Crippen molar-refractivity contribution in [2.24, 2.45) is 11.8 Å². The Kier molecular flexibility index (Phi) is 3.13. The Morgan fingerprint density at radius 3 is 2.36 bits per heavy atom. The maximum absolute atomic E-state index is 11.2. The van der Waals surface area contributed by atoms with Gasteiger partial charge in [-0.15, -0.1) is 0 Å². The Morgan fingerprint density at radius 2 is 1.93 bits per heavy atom. The van der Waals surface area contributed by atoms with E-state index >= 15 is 0 Å². The Bertz CT molecular complexity index is 226. The summed E-state index contributed by atoms with van der Waals surface area (Å²) in [5.41, 5.74) is 0. The quantitative estimate of drug-likeness (QED) is 0.684. The van der Waals surface area contributed by atoms with E-state index in [-0.39, 0.29) is 23.8 Å². The van der Waals surface area contributed by atoms with Gasteiger partial charge in [0.15, 0.2) is 0 Å². The molecule has 0 radical (unpaired) electrons. The van der Waals surface area contributed by atoms with E-state index < -0.39 is 5.97 Å². The number of amides is 1. The first-order valence-corrected chi connectivity index (χ1v) is 4.93. The van der Waals surface area contributed by atoms with E-state index in [1.807, 2.05) is 13.8 Å². The third-order valence-electron chi connectivity index (χ3n) is 3.02. The van der Waals surface area contributed by atoms with E-state index in [0.29, 0.717) is 13.0 Å². The number of rotatable bonds is 1. The van der Waals surface area contributed by atoms with Crippen LogP contribution in [0.25, 0.3) is 0 Å². The monoisotopic (exact) mass is 199 g/mol. The molecule has 1 amide bonds. The topological polar surface area (TPSA) is 57.6 Å². The highest BCUT2D eigenvalue weighted by Gasteiger charge is 2.35. The summed E-state index contributed by atoms with van der Waals surface area (Å²) in [5.74, 6) is -0.964. The lowest BCUT2D eigenvalue weighted by Gasteiger charge is -2.39. The van der Waals surface area contributed by atoms with Gasteiger partial charge in [0.05, 0.1) is 5.92 Å². The maximum atomic E-state index is 11.2. The number of carboxylic acids is 1. The summed E-state index contributed by atoms with van der Waals surface area (Å²) in [5, 5.41) is 8.95. The summed E-state index contributed by atoms with van der Waals surface area (Å²) in [7, 11) is 0. The molecule has 4 nitrogen and oxygen atoms in total.